The molecule has 1 aliphatic carbocycles. The third-order valence-corrected chi connectivity index (χ3v) is 3.97. The zero-order valence-electron chi connectivity index (χ0n) is 9.97. The summed E-state index contributed by atoms with van der Waals surface area (Å²) in [4.78, 5) is 0. The Morgan fingerprint density at radius 2 is 2.25 bits per heavy atom. The van der Waals surface area contributed by atoms with Crippen molar-refractivity contribution in [2.24, 2.45) is 5.41 Å². The second kappa shape index (κ2) is 3.77. The Hall–Kier alpha value is -1.02. The average molecular weight is 216 g/mol. The molecule has 2 nitrogen and oxygen atoms in total. The van der Waals surface area contributed by atoms with Gasteiger partial charge in [-0.15, -0.1) is 0 Å². The van der Waals surface area contributed by atoms with E-state index < -0.39 is 0 Å². The normalized spacial score (nSPS) is 20.3. The lowest BCUT2D eigenvalue weighted by Gasteiger charge is -2.15. The van der Waals surface area contributed by atoms with Gasteiger partial charge in [0.25, 0.3) is 0 Å². The molecule has 0 aromatic heterocycles. The molecule has 0 saturated heterocycles. The van der Waals surface area contributed by atoms with Crippen LogP contribution in [0.5, 0.6) is 0 Å². The van der Waals surface area contributed by atoms with Crippen LogP contribution in [0.3, 0.4) is 0 Å². The minimum atomic E-state index is 0.578. The molecule has 0 bridgehead atoms. The maximum atomic E-state index is 3.42. The van der Waals surface area contributed by atoms with Gasteiger partial charge < -0.3 is 10.6 Å². The highest BCUT2D eigenvalue weighted by atomic mass is 14.9. The van der Waals surface area contributed by atoms with Gasteiger partial charge in [0.15, 0.2) is 0 Å². The monoisotopic (exact) mass is 216 g/mol. The Bertz CT molecular complexity index is 394. The van der Waals surface area contributed by atoms with Crippen LogP contribution in [0.2, 0.25) is 0 Å². The molecule has 0 spiro atoms. The molecule has 0 atom stereocenters. The molecular weight excluding hydrogens is 196 g/mol. The highest BCUT2D eigenvalue weighted by Gasteiger charge is 2.41. The van der Waals surface area contributed by atoms with E-state index in [1.807, 2.05) is 0 Å². The average Bonchev–Trinajstić information content (AvgIpc) is 2.87. The van der Waals surface area contributed by atoms with Gasteiger partial charge in [0.05, 0.1) is 0 Å². The smallest absolute Gasteiger partial charge is 0.0373 e. The number of anilines is 1. The van der Waals surface area contributed by atoms with E-state index in [1.165, 1.54) is 49.0 Å². The number of rotatable bonds is 4. The third kappa shape index (κ3) is 1.82. The van der Waals surface area contributed by atoms with Crippen molar-refractivity contribution in [3.8, 4) is 0 Å². The Labute approximate surface area is 97.4 Å². The molecule has 16 heavy (non-hydrogen) atoms. The fourth-order valence-corrected chi connectivity index (χ4v) is 2.87. The second-order valence-electron chi connectivity index (χ2n) is 5.38. The van der Waals surface area contributed by atoms with Crippen molar-refractivity contribution < 1.29 is 0 Å². The molecule has 1 heterocycles. The van der Waals surface area contributed by atoms with Gasteiger partial charge in [-0.2, -0.15) is 0 Å². The minimum Gasteiger partial charge on any atom is -0.384 e. The zero-order chi connectivity index (χ0) is 11.0. The number of benzene rings is 1. The van der Waals surface area contributed by atoms with Crippen LogP contribution in [0.4, 0.5) is 5.69 Å². The highest BCUT2D eigenvalue weighted by Crippen LogP contribution is 2.48. The minimum absolute atomic E-state index is 0.578. The van der Waals surface area contributed by atoms with E-state index in [0.717, 1.165) is 6.54 Å². The van der Waals surface area contributed by atoms with Gasteiger partial charge >= 0.3 is 0 Å². The van der Waals surface area contributed by atoms with E-state index >= 15 is 0 Å². The van der Waals surface area contributed by atoms with Gasteiger partial charge in [-0.3, -0.25) is 0 Å². The van der Waals surface area contributed by atoms with Crippen molar-refractivity contribution in [2.75, 3.05) is 25.5 Å². The van der Waals surface area contributed by atoms with Crippen LogP contribution >= 0.6 is 0 Å². The summed E-state index contributed by atoms with van der Waals surface area (Å²) >= 11 is 0. The lowest BCUT2D eigenvalue weighted by Crippen LogP contribution is -2.21. The van der Waals surface area contributed by atoms with Gasteiger partial charge in [0.2, 0.25) is 0 Å². The van der Waals surface area contributed by atoms with Gasteiger partial charge in [-0.05, 0) is 55.3 Å². The van der Waals surface area contributed by atoms with Crippen LogP contribution in [-0.2, 0) is 12.8 Å². The van der Waals surface area contributed by atoms with Gasteiger partial charge in [-0.25, -0.2) is 0 Å². The zero-order valence-corrected chi connectivity index (χ0v) is 9.97. The predicted molar refractivity (Wildman–Crippen MR) is 67.9 cm³/mol. The summed E-state index contributed by atoms with van der Waals surface area (Å²) < 4.78 is 0. The molecule has 1 aliphatic heterocycles. The fourth-order valence-electron chi connectivity index (χ4n) is 2.87. The largest absolute Gasteiger partial charge is 0.384 e. The molecule has 1 fully saturated rings. The quantitative estimate of drug-likeness (QED) is 0.806. The Morgan fingerprint density at radius 3 is 3.00 bits per heavy atom. The number of hydrogen-bond acceptors (Lipinski definition) is 2. The molecule has 2 aliphatic rings. The Kier molecular flexibility index (Phi) is 2.40. The number of fused-ring (bicyclic) bond motifs is 1. The van der Waals surface area contributed by atoms with Crippen LogP contribution in [0.25, 0.3) is 0 Å². The lowest BCUT2D eigenvalue weighted by atomic mass is 9.95. The Morgan fingerprint density at radius 1 is 1.38 bits per heavy atom. The van der Waals surface area contributed by atoms with Gasteiger partial charge in [0.1, 0.15) is 0 Å². The number of nitrogens with one attached hydrogen (secondary N) is 2. The van der Waals surface area contributed by atoms with Crippen molar-refractivity contribution >= 4 is 5.69 Å². The Balaban J connectivity index is 1.75. The van der Waals surface area contributed by atoms with E-state index in [4.69, 9.17) is 0 Å². The predicted octanol–water partition coefficient (Wildman–Crippen LogP) is 2.20. The standard InChI is InChI=1S/C14H20N2/c1-15-10-14(5-6-14)9-11-2-3-13-12(8-11)4-7-16-13/h2-3,8,15-16H,4-7,9-10H2,1H3. The topological polar surface area (TPSA) is 24.1 Å². The maximum absolute atomic E-state index is 3.42. The lowest BCUT2D eigenvalue weighted by molar-refractivity contribution is 0.478. The van der Waals surface area contributed by atoms with Crippen LogP contribution in [0.15, 0.2) is 18.2 Å². The van der Waals surface area contributed by atoms with Crippen molar-refractivity contribution in [3.05, 3.63) is 29.3 Å². The van der Waals surface area contributed by atoms with Crippen molar-refractivity contribution in [3.63, 3.8) is 0 Å². The molecule has 0 unspecified atom stereocenters. The summed E-state index contributed by atoms with van der Waals surface area (Å²) in [7, 11) is 2.06. The van der Waals surface area contributed by atoms with E-state index in [2.05, 4.69) is 35.9 Å². The van der Waals surface area contributed by atoms with Gasteiger partial charge in [-0.1, -0.05) is 12.1 Å². The van der Waals surface area contributed by atoms with Gasteiger partial charge in [0, 0.05) is 18.8 Å². The van der Waals surface area contributed by atoms with Crippen LogP contribution in [0.1, 0.15) is 24.0 Å². The summed E-state index contributed by atoms with van der Waals surface area (Å²) in [6, 6.07) is 6.96. The summed E-state index contributed by atoms with van der Waals surface area (Å²) in [5.41, 5.74) is 4.96. The molecule has 1 aromatic carbocycles. The molecule has 2 heteroatoms. The number of hydrogen-bond donors (Lipinski definition) is 2. The molecule has 1 saturated carbocycles. The van der Waals surface area contributed by atoms with Crippen LogP contribution < -0.4 is 10.6 Å². The van der Waals surface area contributed by atoms with Crippen molar-refractivity contribution in [1.82, 2.24) is 5.32 Å². The third-order valence-electron chi connectivity index (χ3n) is 3.97. The molecule has 2 N–H and O–H groups in total. The van der Waals surface area contributed by atoms with E-state index in [9.17, 15) is 0 Å². The van der Waals surface area contributed by atoms with Crippen molar-refractivity contribution in [2.45, 2.75) is 25.7 Å². The first-order valence-electron chi connectivity index (χ1n) is 6.32. The molecule has 0 amide bonds. The van der Waals surface area contributed by atoms with Crippen LogP contribution in [-0.4, -0.2) is 20.1 Å². The summed E-state index contributed by atoms with van der Waals surface area (Å²) in [6.45, 7) is 2.28. The first-order valence-corrected chi connectivity index (χ1v) is 6.32. The molecule has 86 valence electrons. The molecule has 1 aromatic rings. The van der Waals surface area contributed by atoms with E-state index in [0.29, 0.717) is 5.41 Å². The molecule has 3 rings (SSSR count). The first-order chi connectivity index (χ1) is 7.81. The highest BCUT2D eigenvalue weighted by molar-refractivity contribution is 5.56. The van der Waals surface area contributed by atoms with Crippen molar-refractivity contribution in [1.29, 1.82) is 0 Å². The maximum Gasteiger partial charge on any atom is 0.0373 e. The summed E-state index contributed by atoms with van der Waals surface area (Å²) in [5.74, 6) is 0. The SMILES string of the molecule is CNCC1(Cc2ccc3c(c2)CCN3)CC1. The molecule has 0 radical (unpaired) electrons. The summed E-state index contributed by atoms with van der Waals surface area (Å²) in [6.07, 6.45) is 5.23. The van der Waals surface area contributed by atoms with E-state index in [-0.39, 0.29) is 0 Å². The molecular formula is C14H20N2. The second-order valence-corrected chi connectivity index (χ2v) is 5.38. The fraction of sp³-hybridized carbons (Fsp3) is 0.571. The van der Waals surface area contributed by atoms with Crippen LogP contribution in [0, 0.1) is 5.41 Å². The summed E-state index contributed by atoms with van der Waals surface area (Å²) in [5, 5.41) is 6.75. The van der Waals surface area contributed by atoms with E-state index in [1.54, 1.807) is 0 Å². The first kappa shape index (κ1) is 10.2.